The lowest BCUT2D eigenvalue weighted by atomic mass is 10.2. The Balaban J connectivity index is 3.46. The number of hydrogen-bond acceptors (Lipinski definition) is 3. The van der Waals surface area contributed by atoms with Gasteiger partial charge in [-0.3, -0.25) is 4.79 Å². The molecule has 1 amide bonds. The van der Waals surface area contributed by atoms with E-state index in [1.165, 1.54) is 0 Å². The Morgan fingerprint density at radius 2 is 2.00 bits per heavy atom. The molecule has 1 unspecified atom stereocenters. The first-order valence-corrected chi connectivity index (χ1v) is 5.78. The third kappa shape index (κ3) is 7.33. The van der Waals surface area contributed by atoms with Crippen molar-refractivity contribution in [3.8, 4) is 0 Å². The maximum atomic E-state index is 11.5. The van der Waals surface area contributed by atoms with Crippen LogP contribution in [0.4, 0.5) is 0 Å². The molecule has 0 aliphatic carbocycles. The Hall–Kier alpha value is -0.610. The monoisotopic (exact) mass is 216 g/mol. The van der Waals surface area contributed by atoms with Crippen LogP contribution < -0.4 is 5.32 Å². The third-order valence-corrected chi connectivity index (χ3v) is 2.37. The van der Waals surface area contributed by atoms with Gasteiger partial charge in [-0.1, -0.05) is 0 Å². The average molecular weight is 216 g/mol. The van der Waals surface area contributed by atoms with E-state index < -0.39 is 0 Å². The maximum absolute atomic E-state index is 11.5. The SMILES string of the molecule is CCN(CC)C(=O)CNCCCC(C)O. The van der Waals surface area contributed by atoms with Gasteiger partial charge in [0.15, 0.2) is 0 Å². The first-order chi connectivity index (χ1) is 7.11. The van der Waals surface area contributed by atoms with E-state index in [-0.39, 0.29) is 12.0 Å². The second kappa shape index (κ2) is 8.68. The predicted octanol–water partition coefficient (Wildman–Crippen LogP) is 0.605. The van der Waals surface area contributed by atoms with Crippen molar-refractivity contribution in [2.75, 3.05) is 26.2 Å². The lowest BCUT2D eigenvalue weighted by Gasteiger charge is -2.18. The molecule has 15 heavy (non-hydrogen) atoms. The summed E-state index contributed by atoms with van der Waals surface area (Å²) in [5.41, 5.74) is 0. The Kier molecular flexibility index (Phi) is 8.33. The van der Waals surface area contributed by atoms with E-state index in [0.29, 0.717) is 6.54 Å². The van der Waals surface area contributed by atoms with Crippen molar-refractivity contribution in [2.24, 2.45) is 0 Å². The normalized spacial score (nSPS) is 12.5. The lowest BCUT2D eigenvalue weighted by Crippen LogP contribution is -2.38. The van der Waals surface area contributed by atoms with Crippen LogP contribution in [0, 0.1) is 0 Å². The summed E-state index contributed by atoms with van der Waals surface area (Å²) >= 11 is 0. The molecule has 0 saturated carbocycles. The number of likely N-dealkylation sites (N-methyl/N-ethyl adjacent to an activating group) is 1. The number of amides is 1. The summed E-state index contributed by atoms with van der Waals surface area (Å²) in [5, 5.41) is 12.1. The van der Waals surface area contributed by atoms with Crippen LogP contribution in [0.2, 0.25) is 0 Å². The highest BCUT2D eigenvalue weighted by Crippen LogP contribution is 1.93. The second-order valence-electron chi connectivity index (χ2n) is 3.73. The Morgan fingerprint density at radius 1 is 1.40 bits per heavy atom. The predicted molar refractivity (Wildman–Crippen MR) is 61.7 cm³/mol. The van der Waals surface area contributed by atoms with Crippen LogP contribution in [0.15, 0.2) is 0 Å². The number of aliphatic hydroxyl groups is 1. The van der Waals surface area contributed by atoms with E-state index in [1.54, 1.807) is 6.92 Å². The Morgan fingerprint density at radius 3 is 2.47 bits per heavy atom. The van der Waals surface area contributed by atoms with Gasteiger partial charge in [-0.05, 0) is 40.2 Å². The van der Waals surface area contributed by atoms with Crippen molar-refractivity contribution in [3.05, 3.63) is 0 Å². The number of nitrogens with zero attached hydrogens (tertiary/aromatic N) is 1. The molecule has 4 heteroatoms. The molecule has 0 radical (unpaired) electrons. The first-order valence-electron chi connectivity index (χ1n) is 5.78. The fourth-order valence-corrected chi connectivity index (χ4v) is 1.41. The Labute approximate surface area is 92.7 Å². The van der Waals surface area contributed by atoms with E-state index >= 15 is 0 Å². The van der Waals surface area contributed by atoms with Crippen molar-refractivity contribution in [1.29, 1.82) is 0 Å². The molecule has 0 saturated heterocycles. The first kappa shape index (κ1) is 14.4. The van der Waals surface area contributed by atoms with E-state index in [0.717, 1.165) is 32.5 Å². The summed E-state index contributed by atoms with van der Waals surface area (Å²) in [6.07, 6.45) is 1.45. The van der Waals surface area contributed by atoms with E-state index in [2.05, 4.69) is 5.32 Å². The molecule has 0 rings (SSSR count). The van der Waals surface area contributed by atoms with Gasteiger partial charge in [0.25, 0.3) is 0 Å². The molecule has 90 valence electrons. The fraction of sp³-hybridized carbons (Fsp3) is 0.909. The summed E-state index contributed by atoms with van der Waals surface area (Å²) in [5.74, 6) is 0.150. The van der Waals surface area contributed by atoms with Gasteiger partial charge in [0, 0.05) is 13.1 Å². The molecule has 0 aromatic carbocycles. The number of carbonyl (C=O) groups excluding carboxylic acids is 1. The van der Waals surface area contributed by atoms with Crippen LogP contribution in [-0.4, -0.2) is 48.2 Å². The number of nitrogens with one attached hydrogen (secondary N) is 1. The molecular weight excluding hydrogens is 192 g/mol. The van der Waals surface area contributed by atoms with Crippen molar-refractivity contribution in [3.63, 3.8) is 0 Å². The van der Waals surface area contributed by atoms with Gasteiger partial charge >= 0.3 is 0 Å². The summed E-state index contributed by atoms with van der Waals surface area (Å²) in [6, 6.07) is 0. The topological polar surface area (TPSA) is 52.6 Å². The highest BCUT2D eigenvalue weighted by atomic mass is 16.3. The summed E-state index contributed by atoms with van der Waals surface area (Å²) in [6.45, 7) is 8.47. The fourth-order valence-electron chi connectivity index (χ4n) is 1.41. The van der Waals surface area contributed by atoms with E-state index in [1.807, 2.05) is 18.7 Å². The summed E-state index contributed by atoms with van der Waals surface area (Å²) < 4.78 is 0. The van der Waals surface area contributed by atoms with Crippen LogP contribution in [-0.2, 0) is 4.79 Å². The molecule has 0 aliphatic rings. The third-order valence-electron chi connectivity index (χ3n) is 2.37. The highest BCUT2D eigenvalue weighted by molar-refractivity contribution is 5.78. The quantitative estimate of drug-likeness (QED) is 0.584. The highest BCUT2D eigenvalue weighted by Gasteiger charge is 2.07. The zero-order valence-electron chi connectivity index (χ0n) is 10.1. The van der Waals surface area contributed by atoms with Crippen LogP contribution in [0.25, 0.3) is 0 Å². The van der Waals surface area contributed by atoms with Crippen LogP contribution >= 0.6 is 0 Å². The number of aliphatic hydroxyl groups excluding tert-OH is 1. The van der Waals surface area contributed by atoms with E-state index in [9.17, 15) is 4.79 Å². The molecule has 1 atom stereocenters. The molecule has 0 aromatic heterocycles. The molecular formula is C11H24N2O2. The van der Waals surface area contributed by atoms with Gasteiger partial charge in [0.2, 0.25) is 5.91 Å². The van der Waals surface area contributed by atoms with Gasteiger partial charge < -0.3 is 15.3 Å². The van der Waals surface area contributed by atoms with Gasteiger partial charge in [-0.15, -0.1) is 0 Å². The van der Waals surface area contributed by atoms with Gasteiger partial charge in [0.05, 0.1) is 12.6 Å². The lowest BCUT2D eigenvalue weighted by molar-refractivity contribution is -0.129. The van der Waals surface area contributed by atoms with Crippen LogP contribution in [0.3, 0.4) is 0 Å². The van der Waals surface area contributed by atoms with Crippen molar-refractivity contribution < 1.29 is 9.90 Å². The average Bonchev–Trinajstić information content (AvgIpc) is 2.18. The minimum Gasteiger partial charge on any atom is -0.393 e. The Bertz CT molecular complexity index is 168. The minimum absolute atomic E-state index is 0.150. The summed E-state index contributed by atoms with van der Waals surface area (Å²) in [7, 11) is 0. The minimum atomic E-state index is -0.245. The van der Waals surface area contributed by atoms with E-state index in [4.69, 9.17) is 5.11 Å². The number of carbonyl (C=O) groups is 1. The maximum Gasteiger partial charge on any atom is 0.236 e. The van der Waals surface area contributed by atoms with Crippen molar-refractivity contribution >= 4 is 5.91 Å². The number of rotatable bonds is 8. The van der Waals surface area contributed by atoms with Crippen molar-refractivity contribution in [1.82, 2.24) is 10.2 Å². The largest absolute Gasteiger partial charge is 0.393 e. The van der Waals surface area contributed by atoms with Gasteiger partial charge in [0.1, 0.15) is 0 Å². The molecule has 0 fully saturated rings. The molecule has 0 aliphatic heterocycles. The van der Waals surface area contributed by atoms with Gasteiger partial charge in [-0.25, -0.2) is 0 Å². The molecule has 0 spiro atoms. The second-order valence-corrected chi connectivity index (χ2v) is 3.73. The molecule has 0 aromatic rings. The smallest absolute Gasteiger partial charge is 0.236 e. The number of hydrogen-bond donors (Lipinski definition) is 2. The zero-order chi connectivity index (χ0) is 11.7. The zero-order valence-corrected chi connectivity index (χ0v) is 10.1. The standard InChI is InChI=1S/C11H24N2O2/c1-4-13(5-2)11(15)9-12-8-6-7-10(3)14/h10,12,14H,4-9H2,1-3H3. The van der Waals surface area contributed by atoms with Gasteiger partial charge in [-0.2, -0.15) is 0 Å². The molecule has 2 N–H and O–H groups in total. The summed E-state index contributed by atoms with van der Waals surface area (Å²) in [4.78, 5) is 13.3. The molecule has 0 heterocycles. The van der Waals surface area contributed by atoms with Crippen molar-refractivity contribution in [2.45, 2.75) is 39.7 Å². The molecule has 0 bridgehead atoms. The van der Waals surface area contributed by atoms with Crippen LogP contribution in [0.5, 0.6) is 0 Å². The van der Waals surface area contributed by atoms with Crippen LogP contribution in [0.1, 0.15) is 33.6 Å². The molecule has 4 nitrogen and oxygen atoms in total.